The second kappa shape index (κ2) is 8.02. The lowest BCUT2D eigenvalue weighted by Gasteiger charge is -2.42. The van der Waals surface area contributed by atoms with Crippen molar-refractivity contribution >= 4 is 21.9 Å². The number of aryl methyl sites for hydroxylation is 3. The van der Waals surface area contributed by atoms with Crippen molar-refractivity contribution in [2.24, 2.45) is 7.05 Å². The molecule has 0 amide bonds. The largest absolute Gasteiger partial charge is 0.454 e. The zero-order valence-electron chi connectivity index (χ0n) is 22.9. The number of hydrogen-bond acceptors (Lipinski definition) is 1. The summed E-state index contributed by atoms with van der Waals surface area (Å²) in [6, 6.07) is 18.5. The lowest BCUT2D eigenvalue weighted by atomic mass is 9.63. The third kappa shape index (κ3) is 3.62. The van der Waals surface area contributed by atoms with Gasteiger partial charge in [-0.1, -0.05) is 58.0 Å². The summed E-state index contributed by atoms with van der Waals surface area (Å²) in [6.45, 7) is 13.5. The third-order valence-corrected chi connectivity index (χ3v) is 8.67. The van der Waals surface area contributed by atoms with E-state index in [4.69, 9.17) is 4.42 Å². The standard InChI is InChI=1S/C34H35FNO/c1-20-14-17-36(7)28(18-20)29-21(2)8-10-23-24-11-13-27(35)30(32(24)37-31(23)29)22-9-12-25-26(19-22)34(5,6)16-15-33(25,3)4/h8-14,17-19H,15-16H2,1-7H3/q+1. The van der Waals surface area contributed by atoms with Gasteiger partial charge in [0.05, 0.1) is 11.1 Å². The fourth-order valence-corrected chi connectivity index (χ4v) is 6.23. The fourth-order valence-electron chi connectivity index (χ4n) is 6.23. The van der Waals surface area contributed by atoms with Gasteiger partial charge in [0.2, 0.25) is 5.69 Å². The molecule has 1 aliphatic carbocycles. The molecule has 0 saturated heterocycles. The molecular weight excluding hydrogens is 457 g/mol. The number of rotatable bonds is 2. The van der Waals surface area contributed by atoms with Crippen molar-refractivity contribution in [3.8, 4) is 22.4 Å². The number of benzene rings is 3. The van der Waals surface area contributed by atoms with Crippen molar-refractivity contribution in [2.75, 3.05) is 0 Å². The van der Waals surface area contributed by atoms with Crippen LogP contribution in [0.3, 0.4) is 0 Å². The van der Waals surface area contributed by atoms with Crippen LogP contribution in [0.5, 0.6) is 0 Å². The molecule has 0 bridgehead atoms. The Labute approximate surface area is 218 Å². The van der Waals surface area contributed by atoms with E-state index in [0.29, 0.717) is 11.1 Å². The molecule has 3 aromatic carbocycles. The Bertz CT molecular complexity index is 1720. The van der Waals surface area contributed by atoms with Gasteiger partial charge in [0.25, 0.3) is 0 Å². The van der Waals surface area contributed by atoms with Crippen molar-refractivity contribution in [1.29, 1.82) is 0 Å². The van der Waals surface area contributed by atoms with Crippen molar-refractivity contribution in [2.45, 2.75) is 65.2 Å². The Kier molecular flexibility index (Phi) is 5.18. The lowest BCUT2D eigenvalue weighted by molar-refractivity contribution is -0.660. The number of hydrogen-bond donors (Lipinski definition) is 0. The van der Waals surface area contributed by atoms with Crippen LogP contribution in [0.25, 0.3) is 44.3 Å². The van der Waals surface area contributed by atoms with Gasteiger partial charge < -0.3 is 4.42 Å². The molecule has 0 atom stereocenters. The summed E-state index contributed by atoms with van der Waals surface area (Å²) in [7, 11) is 2.05. The Balaban J connectivity index is 1.65. The van der Waals surface area contributed by atoms with E-state index in [0.717, 1.165) is 51.6 Å². The normalized spacial score (nSPS) is 16.3. The second-order valence-electron chi connectivity index (χ2n) is 12.3. The molecule has 0 aliphatic heterocycles. The minimum Gasteiger partial charge on any atom is -0.454 e. The first-order valence-corrected chi connectivity index (χ1v) is 13.2. The van der Waals surface area contributed by atoms with E-state index in [-0.39, 0.29) is 16.6 Å². The first-order valence-electron chi connectivity index (χ1n) is 13.2. The van der Waals surface area contributed by atoms with Gasteiger partial charge in [0.1, 0.15) is 24.0 Å². The van der Waals surface area contributed by atoms with E-state index in [1.165, 1.54) is 16.7 Å². The first-order chi connectivity index (χ1) is 17.5. The van der Waals surface area contributed by atoms with Crippen LogP contribution in [-0.4, -0.2) is 0 Å². The van der Waals surface area contributed by atoms with Gasteiger partial charge in [0, 0.05) is 22.9 Å². The van der Waals surface area contributed by atoms with Crippen LogP contribution in [0.4, 0.5) is 4.39 Å². The monoisotopic (exact) mass is 492 g/mol. The van der Waals surface area contributed by atoms with Crippen molar-refractivity contribution in [3.05, 3.63) is 88.9 Å². The van der Waals surface area contributed by atoms with Gasteiger partial charge in [-0.15, -0.1) is 0 Å². The van der Waals surface area contributed by atoms with Crippen molar-refractivity contribution in [3.63, 3.8) is 0 Å². The number of aromatic nitrogens is 1. The lowest BCUT2D eigenvalue weighted by Crippen LogP contribution is -2.33. The quantitative estimate of drug-likeness (QED) is 0.225. The minimum absolute atomic E-state index is 0.0450. The zero-order valence-corrected chi connectivity index (χ0v) is 22.9. The van der Waals surface area contributed by atoms with E-state index in [1.54, 1.807) is 6.07 Å². The predicted octanol–water partition coefficient (Wildman–Crippen LogP) is 8.85. The molecule has 37 heavy (non-hydrogen) atoms. The molecule has 6 rings (SSSR count). The maximum absolute atomic E-state index is 15.7. The Hall–Kier alpha value is -3.46. The summed E-state index contributed by atoms with van der Waals surface area (Å²) in [6.07, 6.45) is 4.34. The molecule has 2 aromatic heterocycles. The Morgan fingerprint density at radius 3 is 2.14 bits per heavy atom. The highest BCUT2D eigenvalue weighted by atomic mass is 19.1. The highest BCUT2D eigenvalue weighted by Crippen LogP contribution is 2.48. The molecule has 0 unspecified atom stereocenters. The van der Waals surface area contributed by atoms with Crippen LogP contribution >= 0.6 is 0 Å². The van der Waals surface area contributed by atoms with Crippen LogP contribution < -0.4 is 4.57 Å². The number of nitrogens with zero attached hydrogens (tertiary/aromatic N) is 1. The summed E-state index contributed by atoms with van der Waals surface area (Å²) < 4.78 is 24.5. The van der Waals surface area contributed by atoms with Gasteiger partial charge >= 0.3 is 0 Å². The molecule has 0 spiro atoms. The molecule has 0 radical (unpaired) electrons. The smallest absolute Gasteiger partial charge is 0.216 e. The number of pyridine rings is 1. The number of fused-ring (bicyclic) bond motifs is 4. The van der Waals surface area contributed by atoms with Crippen LogP contribution in [-0.2, 0) is 17.9 Å². The summed E-state index contributed by atoms with van der Waals surface area (Å²) in [5.74, 6) is -0.251. The van der Waals surface area contributed by atoms with E-state index >= 15 is 4.39 Å². The van der Waals surface area contributed by atoms with Crippen LogP contribution in [0, 0.1) is 19.7 Å². The molecule has 188 valence electrons. The van der Waals surface area contributed by atoms with Gasteiger partial charge in [0.15, 0.2) is 6.20 Å². The molecule has 0 fully saturated rings. The number of halogens is 1. The number of furan rings is 1. The minimum atomic E-state index is -0.251. The van der Waals surface area contributed by atoms with Gasteiger partial charge in [-0.05, 0) is 77.5 Å². The van der Waals surface area contributed by atoms with Crippen molar-refractivity contribution in [1.82, 2.24) is 0 Å². The van der Waals surface area contributed by atoms with Crippen LogP contribution in [0.2, 0.25) is 0 Å². The topological polar surface area (TPSA) is 17.0 Å². The Morgan fingerprint density at radius 2 is 1.41 bits per heavy atom. The highest BCUT2D eigenvalue weighted by molar-refractivity contribution is 6.13. The molecule has 0 saturated carbocycles. The van der Waals surface area contributed by atoms with E-state index in [1.807, 2.05) is 6.07 Å². The first kappa shape index (κ1) is 23.9. The maximum Gasteiger partial charge on any atom is 0.216 e. The SMILES string of the molecule is Cc1cc[n+](C)c(-c2c(C)ccc3c2oc2c(-c4ccc5c(c4)C(C)(C)CCC5(C)C)c(F)ccc23)c1. The third-order valence-electron chi connectivity index (χ3n) is 8.67. The molecule has 5 aromatic rings. The molecule has 0 N–H and O–H groups in total. The molecule has 3 heteroatoms. The van der Waals surface area contributed by atoms with E-state index in [2.05, 4.69) is 102 Å². The van der Waals surface area contributed by atoms with Crippen LogP contribution in [0.1, 0.15) is 62.8 Å². The summed E-state index contributed by atoms with van der Waals surface area (Å²) >= 11 is 0. The Morgan fingerprint density at radius 1 is 0.757 bits per heavy atom. The van der Waals surface area contributed by atoms with Gasteiger partial charge in [-0.2, -0.15) is 0 Å². The van der Waals surface area contributed by atoms with E-state index < -0.39 is 0 Å². The summed E-state index contributed by atoms with van der Waals surface area (Å²) in [5.41, 5.74) is 10.2. The fraction of sp³-hybridized carbons (Fsp3) is 0.324. The van der Waals surface area contributed by atoms with Crippen molar-refractivity contribution < 1.29 is 13.4 Å². The molecular formula is C34H35FNO+. The zero-order chi connectivity index (χ0) is 26.3. The predicted molar refractivity (Wildman–Crippen MR) is 150 cm³/mol. The molecule has 2 heterocycles. The summed E-state index contributed by atoms with van der Waals surface area (Å²) in [4.78, 5) is 0. The summed E-state index contributed by atoms with van der Waals surface area (Å²) in [5, 5.41) is 1.96. The average Bonchev–Trinajstić information content (AvgIpc) is 3.22. The second-order valence-corrected chi connectivity index (χ2v) is 12.3. The maximum atomic E-state index is 15.7. The van der Waals surface area contributed by atoms with E-state index in [9.17, 15) is 0 Å². The molecule has 1 aliphatic rings. The highest BCUT2D eigenvalue weighted by Gasteiger charge is 2.37. The van der Waals surface area contributed by atoms with Gasteiger partial charge in [-0.3, -0.25) is 0 Å². The van der Waals surface area contributed by atoms with Crippen LogP contribution in [0.15, 0.2) is 65.2 Å². The average molecular weight is 493 g/mol. The molecule has 2 nitrogen and oxygen atoms in total. The van der Waals surface area contributed by atoms with Gasteiger partial charge in [-0.25, -0.2) is 8.96 Å².